The lowest BCUT2D eigenvalue weighted by Gasteiger charge is -2.35. The van der Waals surface area contributed by atoms with Crippen molar-refractivity contribution in [2.45, 2.75) is 56.8 Å². The second-order valence-electron chi connectivity index (χ2n) is 8.88. The SMILES string of the molecule is C[C@@H]1COCCN1c1cc(OC2CC3CCC(C2)N3)c2c(N)nn(-c3ccn[nH]3)c2n1. The van der Waals surface area contributed by atoms with Gasteiger partial charge in [-0.1, -0.05) is 0 Å². The maximum absolute atomic E-state index is 6.63. The molecule has 3 aliphatic heterocycles. The average Bonchev–Trinajstić information content (AvgIpc) is 3.48. The third kappa shape index (κ3) is 3.30. The van der Waals surface area contributed by atoms with Gasteiger partial charge in [0.2, 0.25) is 0 Å². The van der Waals surface area contributed by atoms with E-state index in [1.165, 1.54) is 12.8 Å². The Bertz CT molecular complexity index is 1070. The smallest absolute Gasteiger partial charge is 0.173 e. The Labute approximate surface area is 180 Å². The van der Waals surface area contributed by atoms with Gasteiger partial charge in [-0.2, -0.15) is 9.78 Å². The van der Waals surface area contributed by atoms with Crippen molar-refractivity contribution in [3.8, 4) is 11.6 Å². The van der Waals surface area contributed by atoms with Crippen LogP contribution in [0.15, 0.2) is 18.3 Å². The van der Waals surface area contributed by atoms with E-state index in [0.717, 1.165) is 36.3 Å². The van der Waals surface area contributed by atoms with Gasteiger partial charge in [0.05, 0.1) is 25.5 Å². The molecule has 164 valence electrons. The van der Waals surface area contributed by atoms with E-state index in [-0.39, 0.29) is 12.1 Å². The maximum atomic E-state index is 6.63. The minimum atomic E-state index is 0.161. The first-order chi connectivity index (χ1) is 15.2. The number of hydrogen-bond donors (Lipinski definition) is 3. The molecule has 6 heterocycles. The molecule has 10 nitrogen and oxygen atoms in total. The van der Waals surface area contributed by atoms with Crippen LogP contribution in [0.2, 0.25) is 0 Å². The topological polar surface area (TPSA) is 119 Å². The van der Waals surface area contributed by atoms with E-state index in [4.69, 9.17) is 20.2 Å². The van der Waals surface area contributed by atoms with Crippen molar-refractivity contribution >= 4 is 22.7 Å². The zero-order valence-electron chi connectivity index (χ0n) is 17.6. The van der Waals surface area contributed by atoms with Gasteiger partial charge in [-0.05, 0) is 32.6 Å². The van der Waals surface area contributed by atoms with Crippen LogP contribution in [-0.2, 0) is 4.74 Å². The van der Waals surface area contributed by atoms with E-state index in [2.05, 4.69) is 32.4 Å². The molecule has 3 aromatic heterocycles. The number of hydrogen-bond acceptors (Lipinski definition) is 8. The second kappa shape index (κ2) is 7.38. The molecule has 0 radical (unpaired) electrons. The molecule has 31 heavy (non-hydrogen) atoms. The van der Waals surface area contributed by atoms with E-state index in [1.807, 2.05) is 12.1 Å². The van der Waals surface area contributed by atoms with Crippen molar-refractivity contribution in [1.82, 2.24) is 30.3 Å². The molecular formula is C21H28N8O2. The van der Waals surface area contributed by atoms with Gasteiger partial charge in [0.15, 0.2) is 17.3 Å². The Kier molecular flexibility index (Phi) is 4.50. The van der Waals surface area contributed by atoms with Crippen molar-refractivity contribution in [3.05, 3.63) is 18.3 Å². The number of nitrogens with zero attached hydrogens (tertiary/aromatic N) is 5. The van der Waals surface area contributed by atoms with Crippen molar-refractivity contribution in [1.29, 1.82) is 0 Å². The molecule has 0 spiro atoms. The Morgan fingerprint density at radius 2 is 2.10 bits per heavy atom. The quantitative estimate of drug-likeness (QED) is 0.578. The van der Waals surface area contributed by atoms with Crippen LogP contribution in [0.3, 0.4) is 0 Å². The minimum Gasteiger partial charge on any atom is -0.489 e. The summed E-state index contributed by atoms with van der Waals surface area (Å²) in [6.45, 7) is 4.29. The summed E-state index contributed by atoms with van der Waals surface area (Å²) in [5, 5.41) is 16.0. The highest BCUT2D eigenvalue weighted by molar-refractivity contribution is 5.94. The van der Waals surface area contributed by atoms with Gasteiger partial charge in [0.1, 0.15) is 23.1 Å². The number of fused-ring (bicyclic) bond motifs is 3. The van der Waals surface area contributed by atoms with E-state index < -0.39 is 0 Å². The molecule has 0 amide bonds. The van der Waals surface area contributed by atoms with Gasteiger partial charge in [-0.25, -0.2) is 4.98 Å². The molecule has 2 bridgehead atoms. The molecule has 10 heteroatoms. The van der Waals surface area contributed by atoms with Crippen molar-refractivity contribution in [2.75, 3.05) is 30.4 Å². The van der Waals surface area contributed by atoms with E-state index in [1.54, 1.807) is 10.9 Å². The van der Waals surface area contributed by atoms with Crippen LogP contribution in [0, 0.1) is 0 Å². The molecule has 0 aromatic carbocycles. The standard InChI is InChI=1S/C21H28N8O2/c1-12-11-30-7-6-28(12)18-10-16(31-15-8-13-2-3-14(9-15)24-13)19-20(22)27-29(21(19)25-18)17-4-5-23-26-17/h4-5,10,12-15,24H,2-3,6-9,11H2,1H3,(H2,22,27)(H,23,26)/t12-,13?,14?,15?/m1/s1. The number of nitrogens with one attached hydrogen (secondary N) is 2. The van der Waals surface area contributed by atoms with Crippen LogP contribution >= 0.6 is 0 Å². The number of morpholine rings is 1. The summed E-state index contributed by atoms with van der Waals surface area (Å²) in [6, 6.07) is 5.20. The number of H-pyrrole nitrogens is 1. The number of nitrogen functional groups attached to an aromatic ring is 1. The molecule has 3 saturated heterocycles. The zero-order chi connectivity index (χ0) is 20.9. The predicted octanol–water partition coefficient (Wildman–Crippen LogP) is 1.61. The molecule has 3 aliphatic rings. The minimum absolute atomic E-state index is 0.161. The van der Waals surface area contributed by atoms with Gasteiger partial charge in [0, 0.05) is 30.8 Å². The van der Waals surface area contributed by atoms with E-state index >= 15 is 0 Å². The molecule has 0 saturated carbocycles. The fourth-order valence-electron chi connectivity index (χ4n) is 5.22. The highest BCUT2D eigenvalue weighted by Crippen LogP contribution is 2.38. The lowest BCUT2D eigenvalue weighted by Crippen LogP contribution is -2.44. The highest BCUT2D eigenvalue weighted by atomic mass is 16.5. The summed E-state index contributed by atoms with van der Waals surface area (Å²) in [5.41, 5.74) is 7.05. The van der Waals surface area contributed by atoms with Gasteiger partial charge >= 0.3 is 0 Å². The third-order valence-electron chi connectivity index (χ3n) is 6.71. The lowest BCUT2D eigenvalue weighted by atomic mass is 10.0. The number of aromatic amines is 1. The predicted molar refractivity (Wildman–Crippen MR) is 117 cm³/mol. The van der Waals surface area contributed by atoms with Crippen LogP contribution in [0.5, 0.6) is 5.75 Å². The van der Waals surface area contributed by atoms with Crippen molar-refractivity contribution in [3.63, 3.8) is 0 Å². The highest BCUT2D eigenvalue weighted by Gasteiger charge is 2.35. The van der Waals surface area contributed by atoms with Crippen molar-refractivity contribution < 1.29 is 9.47 Å². The maximum Gasteiger partial charge on any atom is 0.173 e. The summed E-state index contributed by atoms with van der Waals surface area (Å²) < 4.78 is 14.0. The molecule has 2 unspecified atom stereocenters. The number of ether oxygens (including phenoxy) is 2. The number of rotatable bonds is 4. The van der Waals surface area contributed by atoms with Crippen LogP contribution in [0.4, 0.5) is 11.6 Å². The van der Waals surface area contributed by atoms with E-state index in [0.29, 0.717) is 42.6 Å². The molecule has 3 atom stereocenters. The van der Waals surface area contributed by atoms with Crippen molar-refractivity contribution in [2.24, 2.45) is 0 Å². The molecule has 3 aromatic rings. The lowest BCUT2D eigenvalue weighted by molar-refractivity contribution is 0.0984. The van der Waals surface area contributed by atoms with Gasteiger partial charge in [0.25, 0.3) is 0 Å². The Morgan fingerprint density at radius 3 is 2.84 bits per heavy atom. The summed E-state index contributed by atoms with van der Waals surface area (Å²) in [6.07, 6.45) is 6.33. The summed E-state index contributed by atoms with van der Waals surface area (Å²) in [7, 11) is 0. The summed E-state index contributed by atoms with van der Waals surface area (Å²) in [5.74, 6) is 2.74. The first kappa shape index (κ1) is 18.9. The molecule has 6 rings (SSSR count). The number of nitrogens with two attached hydrogens (primary N) is 1. The largest absolute Gasteiger partial charge is 0.489 e. The third-order valence-corrected chi connectivity index (χ3v) is 6.71. The van der Waals surface area contributed by atoms with Crippen LogP contribution < -0.4 is 20.7 Å². The number of pyridine rings is 1. The Morgan fingerprint density at radius 1 is 1.26 bits per heavy atom. The Balaban J connectivity index is 1.45. The molecular weight excluding hydrogens is 396 g/mol. The van der Waals surface area contributed by atoms with Crippen LogP contribution in [0.25, 0.3) is 16.9 Å². The zero-order valence-corrected chi connectivity index (χ0v) is 17.6. The van der Waals surface area contributed by atoms with E-state index in [9.17, 15) is 0 Å². The fraction of sp³-hybridized carbons (Fsp3) is 0.571. The fourth-order valence-corrected chi connectivity index (χ4v) is 5.22. The molecule has 4 N–H and O–H groups in total. The number of aromatic nitrogens is 5. The monoisotopic (exact) mass is 424 g/mol. The molecule has 3 fully saturated rings. The Hall–Kier alpha value is -2.85. The van der Waals surface area contributed by atoms with Gasteiger partial charge < -0.3 is 25.4 Å². The number of piperidine rings is 1. The average molecular weight is 425 g/mol. The number of anilines is 2. The first-order valence-corrected chi connectivity index (χ1v) is 11.1. The second-order valence-corrected chi connectivity index (χ2v) is 8.88. The van der Waals surface area contributed by atoms with Gasteiger partial charge in [-0.15, -0.1) is 5.10 Å². The summed E-state index contributed by atoms with van der Waals surface area (Å²) in [4.78, 5) is 7.24. The summed E-state index contributed by atoms with van der Waals surface area (Å²) >= 11 is 0. The van der Waals surface area contributed by atoms with Crippen LogP contribution in [0.1, 0.15) is 32.6 Å². The van der Waals surface area contributed by atoms with Crippen LogP contribution in [-0.4, -0.2) is 68.9 Å². The normalized spacial score (nSPS) is 28.4. The first-order valence-electron chi connectivity index (χ1n) is 11.1. The molecule has 0 aliphatic carbocycles. The van der Waals surface area contributed by atoms with Gasteiger partial charge in [-0.3, -0.25) is 5.10 Å².